The number of pyridine rings is 2. The standard InChI is InChI=1S/C18H15Cl2N3O2/c1-24-17-5-4-16(23-18(17)25-10-11-2-3-11)12(7-21)6-13-14(19)8-22-9-15(13)20/h4-6,8-9,11H,2-3,10H2,1H3/b12-6+. The summed E-state index contributed by atoms with van der Waals surface area (Å²) in [6.07, 6.45) is 6.88. The first-order valence-electron chi connectivity index (χ1n) is 7.71. The fourth-order valence-electron chi connectivity index (χ4n) is 2.18. The molecule has 0 unspecified atom stereocenters. The minimum Gasteiger partial charge on any atom is -0.491 e. The van der Waals surface area contributed by atoms with E-state index in [4.69, 9.17) is 32.7 Å². The molecule has 0 bridgehead atoms. The molecule has 0 aromatic carbocycles. The molecular weight excluding hydrogens is 361 g/mol. The zero-order valence-electron chi connectivity index (χ0n) is 13.5. The maximum absolute atomic E-state index is 9.54. The molecule has 1 aliphatic rings. The van der Waals surface area contributed by atoms with E-state index in [-0.39, 0.29) is 0 Å². The summed E-state index contributed by atoms with van der Waals surface area (Å²) in [6, 6.07) is 5.55. The van der Waals surface area contributed by atoms with E-state index in [0.29, 0.717) is 51.0 Å². The van der Waals surface area contributed by atoms with Crippen molar-refractivity contribution in [1.82, 2.24) is 9.97 Å². The Morgan fingerprint density at radius 3 is 2.64 bits per heavy atom. The lowest BCUT2D eigenvalue weighted by molar-refractivity contribution is 0.269. The van der Waals surface area contributed by atoms with Gasteiger partial charge in [-0.25, -0.2) is 4.98 Å². The summed E-state index contributed by atoms with van der Waals surface area (Å²) in [7, 11) is 1.55. The molecule has 0 atom stereocenters. The number of nitriles is 1. The van der Waals surface area contributed by atoms with Crippen LogP contribution in [0.25, 0.3) is 11.6 Å². The molecule has 3 rings (SSSR count). The Morgan fingerprint density at radius 1 is 1.32 bits per heavy atom. The van der Waals surface area contributed by atoms with Crippen molar-refractivity contribution in [3.63, 3.8) is 0 Å². The van der Waals surface area contributed by atoms with Crippen LogP contribution in [0, 0.1) is 17.2 Å². The Labute approximate surface area is 155 Å². The van der Waals surface area contributed by atoms with Crippen LogP contribution in [0.4, 0.5) is 0 Å². The predicted molar refractivity (Wildman–Crippen MR) is 96.7 cm³/mol. The summed E-state index contributed by atoms with van der Waals surface area (Å²) in [6.45, 7) is 0.598. The van der Waals surface area contributed by atoms with Crippen LogP contribution in [0.5, 0.6) is 11.6 Å². The lowest BCUT2D eigenvalue weighted by Crippen LogP contribution is -2.04. The summed E-state index contributed by atoms with van der Waals surface area (Å²) in [5.41, 5.74) is 1.29. The Kier molecular flexibility index (Phi) is 5.42. The summed E-state index contributed by atoms with van der Waals surface area (Å²) < 4.78 is 11.0. The third-order valence-corrected chi connectivity index (χ3v) is 4.38. The van der Waals surface area contributed by atoms with Gasteiger partial charge >= 0.3 is 0 Å². The highest BCUT2D eigenvalue weighted by atomic mass is 35.5. The Morgan fingerprint density at radius 2 is 2.04 bits per heavy atom. The molecule has 5 nitrogen and oxygen atoms in total. The molecule has 0 aliphatic heterocycles. The number of aromatic nitrogens is 2. The molecule has 0 spiro atoms. The highest BCUT2D eigenvalue weighted by Crippen LogP contribution is 2.33. The molecule has 25 heavy (non-hydrogen) atoms. The zero-order valence-corrected chi connectivity index (χ0v) is 15.0. The van der Waals surface area contributed by atoms with Crippen LogP contribution in [0.3, 0.4) is 0 Å². The summed E-state index contributed by atoms with van der Waals surface area (Å²) in [4.78, 5) is 8.34. The SMILES string of the molecule is COc1ccc(/C(C#N)=C/c2c(Cl)cncc2Cl)nc1OCC1CC1. The zero-order chi connectivity index (χ0) is 17.8. The second-order valence-electron chi connectivity index (χ2n) is 5.64. The summed E-state index contributed by atoms with van der Waals surface area (Å²) >= 11 is 12.2. The number of hydrogen-bond donors (Lipinski definition) is 0. The molecule has 0 saturated heterocycles. The average molecular weight is 376 g/mol. The Hall–Kier alpha value is -2.29. The van der Waals surface area contributed by atoms with Gasteiger partial charge in [-0.15, -0.1) is 0 Å². The van der Waals surface area contributed by atoms with Crippen LogP contribution in [-0.2, 0) is 0 Å². The summed E-state index contributed by atoms with van der Waals surface area (Å²) in [5, 5.41) is 10.3. The first-order valence-corrected chi connectivity index (χ1v) is 8.47. The molecule has 2 aromatic heterocycles. The lowest BCUT2D eigenvalue weighted by Gasteiger charge is -2.11. The van der Waals surface area contributed by atoms with Gasteiger partial charge in [-0.2, -0.15) is 5.26 Å². The Bertz CT molecular complexity index is 838. The van der Waals surface area contributed by atoms with Crippen molar-refractivity contribution in [3.8, 4) is 17.7 Å². The van der Waals surface area contributed by atoms with E-state index in [2.05, 4.69) is 16.0 Å². The molecule has 0 N–H and O–H groups in total. The van der Waals surface area contributed by atoms with E-state index in [1.54, 1.807) is 25.3 Å². The average Bonchev–Trinajstić information content (AvgIpc) is 3.44. The highest BCUT2D eigenvalue weighted by Gasteiger charge is 2.23. The molecule has 1 saturated carbocycles. The third kappa shape index (κ3) is 4.22. The van der Waals surface area contributed by atoms with Crippen LogP contribution < -0.4 is 9.47 Å². The Balaban J connectivity index is 1.96. The third-order valence-electron chi connectivity index (χ3n) is 3.77. The topological polar surface area (TPSA) is 68.0 Å². The quantitative estimate of drug-likeness (QED) is 0.687. The maximum atomic E-state index is 9.54. The van der Waals surface area contributed by atoms with Crippen molar-refractivity contribution in [3.05, 3.63) is 45.8 Å². The molecule has 7 heteroatoms. The van der Waals surface area contributed by atoms with Crippen molar-refractivity contribution in [2.24, 2.45) is 5.92 Å². The monoisotopic (exact) mass is 375 g/mol. The van der Waals surface area contributed by atoms with Gasteiger partial charge in [-0.3, -0.25) is 4.98 Å². The van der Waals surface area contributed by atoms with Crippen LogP contribution in [-0.4, -0.2) is 23.7 Å². The van der Waals surface area contributed by atoms with Crippen molar-refractivity contribution < 1.29 is 9.47 Å². The van der Waals surface area contributed by atoms with Gasteiger partial charge in [0.15, 0.2) is 5.75 Å². The minimum absolute atomic E-state index is 0.314. The van der Waals surface area contributed by atoms with E-state index >= 15 is 0 Å². The molecular formula is C18H15Cl2N3O2. The smallest absolute Gasteiger partial charge is 0.257 e. The van der Waals surface area contributed by atoms with E-state index in [1.807, 2.05) is 0 Å². The van der Waals surface area contributed by atoms with Crippen LogP contribution in [0.1, 0.15) is 24.1 Å². The number of nitrogens with zero attached hydrogens (tertiary/aromatic N) is 3. The van der Waals surface area contributed by atoms with E-state index in [1.165, 1.54) is 25.2 Å². The van der Waals surface area contributed by atoms with Crippen molar-refractivity contribution in [2.45, 2.75) is 12.8 Å². The van der Waals surface area contributed by atoms with Crippen LogP contribution >= 0.6 is 23.2 Å². The summed E-state index contributed by atoms with van der Waals surface area (Å²) in [5.74, 6) is 1.48. The van der Waals surface area contributed by atoms with Gasteiger partial charge in [0.05, 0.1) is 35.0 Å². The lowest BCUT2D eigenvalue weighted by atomic mass is 10.1. The van der Waals surface area contributed by atoms with E-state index in [9.17, 15) is 5.26 Å². The molecule has 1 fully saturated rings. The fraction of sp³-hybridized carbons (Fsp3) is 0.278. The number of rotatable bonds is 6. The van der Waals surface area contributed by atoms with E-state index in [0.717, 1.165) is 0 Å². The van der Waals surface area contributed by atoms with Gasteiger partial charge in [-0.1, -0.05) is 23.2 Å². The highest BCUT2D eigenvalue weighted by molar-refractivity contribution is 6.37. The number of methoxy groups -OCH3 is 1. The number of hydrogen-bond acceptors (Lipinski definition) is 5. The molecule has 2 aromatic rings. The normalized spacial score (nSPS) is 14.1. The maximum Gasteiger partial charge on any atom is 0.257 e. The van der Waals surface area contributed by atoms with E-state index < -0.39 is 0 Å². The second kappa shape index (κ2) is 7.73. The first kappa shape index (κ1) is 17.5. The first-order chi connectivity index (χ1) is 12.1. The fourth-order valence-corrected chi connectivity index (χ4v) is 2.66. The number of ether oxygens (including phenoxy) is 2. The van der Waals surface area contributed by atoms with Gasteiger partial charge in [0, 0.05) is 18.0 Å². The van der Waals surface area contributed by atoms with Crippen molar-refractivity contribution in [1.29, 1.82) is 5.26 Å². The van der Waals surface area contributed by atoms with Gasteiger partial charge in [-0.05, 0) is 37.0 Å². The molecule has 128 valence electrons. The van der Waals surface area contributed by atoms with Crippen LogP contribution in [0.2, 0.25) is 10.0 Å². The molecule has 0 amide bonds. The minimum atomic E-state index is 0.314. The molecule has 2 heterocycles. The van der Waals surface area contributed by atoms with Crippen LogP contribution in [0.15, 0.2) is 24.5 Å². The number of allylic oxidation sites excluding steroid dienone is 1. The largest absolute Gasteiger partial charge is 0.491 e. The van der Waals surface area contributed by atoms with Crippen molar-refractivity contribution >= 4 is 34.9 Å². The molecule has 1 aliphatic carbocycles. The van der Waals surface area contributed by atoms with Crippen molar-refractivity contribution in [2.75, 3.05) is 13.7 Å². The van der Waals surface area contributed by atoms with Gasteiger partial charge in [0.25, 0.3) is 5.88 Å². The number of halogens is 2. The van der Waals surface area contributed by atoms with Gasteiger partial charge < -0.3 is 9.47 Å². The second-order valence-corrected chi connectivity index (χ2v) is 6.46. The predicted octanol–water partition coefficient (Wildman–Crippen LogP) is 4.64. The van der Waals surface area contributed by atoms with Gasteiger partial charge in [0.1, 0.15) is 6.07 Å². The van der Waals surface area contributed by atoms with Gasteiger partial charge in [0.2, 0.25) is 0 Å². The molecule has 0 radical (unpaired) electrons.